The molecule has 1 heterocycles. The third-order valence-electron chi connectivity index (χ3n) is 1.62. The molecule has 0 amide bonds. The van der Waals surface area contributed by atoms with Crippen LogP contribution in [0.3, 0.4) is 0 Å². The molecule has 0 fully saturated rings. The Labute approximate surface area is 77.1 Å². The molecule has 2 nitrogen and oxygen atoms in total. The van der Waals surface area contributed by atoms with Crippen molar-refractivity contribution in [2.24, 2.45) is 5.73 Å². The van der Waals surface area contributed by atoms with Crippen LogP contribution >= 0.6 is 11.6 Å². The smallest absolute Gasteiger partial charge is 0.0637 e. The Morgan fingerprint density at radius 1 is 1.75 bits per heavy atom. The molecular weight excluding hydrogens is 172 g/mol. The van der Waals surface area contributed by atoms with Crippen molar-refractivity contribution in [3.8, 4) is 0 Å². The van der Waals surface area contributed by atoms with E-state index >= 15 is 0 Å². The molecule has 0 unspecified atom stereocenters. The highest BCUT2D eigenvalue weighted by atomic mass is 35.5. The molecule has 0 radical (unpaired) electrons. The van der Waals surface area contributed by atoms with E-state index in [4.69, 9.17) is 17.3 Å². The van der Waals surface area contributed by atoms with Crippen LogP contribution in [0.5, 0.6) is 0 Å². The summed E-state index contributed by atoms with van der Waals surface area (Å²) in [5.41, 5.74) is 6.75. The normalized spacial score (nSPS) is 12.5. The van der Waals surface area contributed by atoms with Gasteiger partial charge in [0.15, 0.2) is 0 Å². The van der Waals surface area contributed by atoms with Gasteiger partial charge in [-0.05, 0) is 18.1 Å². The summed E-state index contributed by atoms with van der Waals surface area (Å²) < 4.78 is 0. The first kappa shape index (κ1) is 9.23. The van der Waals surface area contributed by atoms with Crippen molar-refractivity contribution in [3.63, 3.8) is 0 Å². The highest BCUT2D eigenvalue weighted by Crippen LogP contribution is 2.21. The number of pyridine rings is 1. The number of nitrogens with zero attached hydrogens (tertiary/aromatic N) is 1. The molecule has 1 aromatic heterocycles. The van der Waals surface area contributed by atoms with Gasteiger partial charge in [0.2, 0.25) is 0 Å². The van der Waals surface area contributed by atoms with Gasteiger partial charge in [-0.25, -0.2) is 0 Å². The van der Waals surface area contributed by atoms with Crippen LogP contribution in [0.15, 0.2) is 31.1 Å². The molecule has 0 spiro atoms. The van der Waals surface area contributed by atoms with E-state index in [1.807, 2.05) is 6.07 Å². The minimum atomic E-state index is -0.0713. The van der Waals surface area contributed by atoms with E-state index in [1.54, 1.807) is 18.5 Å². The molecule has 12 heavy (non-hydrogen) atoms. The molecule has 2 N–H and O–H groups in total. The standard InChI is InChI=1S/C9H11ClN2/c1-2-3-9(11)7-4-5-12-6-8(7)10/h2,4-6,9H,1,3,11H2/t9-/m0/s1. The molecule has 0 aliphatic rings. The van der Waals surface area contributed by atoms with Gasteiger partial charge in [-0.2, -0.15) is 0 Å². The first-order valence-electron chi connectivity index (χ1n) is 3.71. The lowest BCUT2D eigenvalue weighted by molar-refractivity contribution is 0.740. The minimum absolute atomic E-state index is 0.0713. The molecular formula is C9H11ClN2. The number of nitrogens with two attached hydrogens (primary N) is 1. The second-order valence-corrected chi connectivity index (χ2v) is 2.94. The lowest BCUT2D eigenvalue weighted by Gasteiger charge is -2.09. The van der Waals surface area contributed by atoms with E-state index in [2.05, 4.69) is 11.6 Å². The summed E-state index contributed by atoms with van der Waals surface area (Å²) in [6.45, 7) is 3.62. The van der Waals surface area contributed by atoms with Crippen LogP contribution in [0, 0.1) is 0 Å². The maximum atomic E-state index is 5.88. The Morgan fingerprint density at radius 2 is 2.50 bits per heavy atom. The average molecular weight is 183 g/mol. The van der Waals surface area contributed by atoms with E-state index in [1.165, 1.54) is 0 Å². The Hall–Kier alpha value is -0.860. The second kappa shape index (κ2) is 4.24. The van der Waals surface area contributed by atoms with Crippen LogP contribution in [0.1, 0.15) is 18.0 Å². The third kappa shape index (κ3) is 2.06. The monoisotopic (exact) mass is 182 g/mol. The van der Waals surface area contributed by atoms with Crippen LogP contribution in [0.4, 0.5) is 0 Å². The zero-order valence-corrected chi connectivity index (χ0v) is 7.46. The van der Waals surface area contributed by atoms with Crippen molar-refractivity contribution in [1.82, 2.24) is 4.98 Å². The molecule has 0 aliphatic carbocycles. The van der Waals surface area contributed by atoms with Gasteiger partial charge in [-0.1, -0.05) is 17.7 Å². The molecule has 1 rings (SSSR count). The zero-order valence-electron chi connectivity index (χ0n) is 6.70. The molecule has 1 aromatic rings. The van der Waals surface area contributed by atoms with Crippen LogP contribution in [-0.4, -0.2) is 4.98 Å². The molecule has 64 valence electrons. The van der Waals surface area contributed by atoms with Crippen molar-refractivity contribution >= 4 is 11.6 Å². The second-order valence-electron chi connectivity index (χ2n) is 2.53. The lowest BCUT2D eigenvalue weighted by atomic mass is 10.1. The van der Waals surface area contributed by atoms with Crippen molar-refractivity contribution in [1.29, 1.82) is 0 Å². The Balaban J connectivity index is 2.86. The molecule has 0 bridgehead atoms. The minimum Gasteiger partial charge on any atom is -0.324 e. The Kier molecular flexibility index (Phi) is 3.26. The van der Waals surface area contributed by atoms with Crippen LogP contribution in [0.25, 0.3) is 0 Å². The summed E-state index contributed by atoms with van der Waals surface area (Å²) in [4.78, 5) is 3.87. The predicted molar refractivity (Wildman–Crippen MR) is 51.0 cm³/mol. The highest BCUT2D eigenvalue weighted by Gasteiger charge is 2.07. The predicted octanol–water partition coefficient (Wildman–Crippen LogP) is 2.31. The number of hydrogen-bond donors (Lipinski definition) is 1. The fourth-order valence-corrected chi connectivity index (χ4v) is 1.25. The van der Waals surface area contributed by atoms with Gasteiger partial charge < -0.3 is 5.73 Å². The lowest BCUT2D eigenvalue weighted by Crippen LogP contribution is -2.09. The molecule has 0 aliphatic heterocycles. The van der Waals surface area contributed by atoms with Crippen LogP contribution < -0.4 is 5.73 Å². The third-order valence-corrected chi connectivity index (χ3v) is 1.94. The fourth-order valence-electron chi connectivity index (χ4n) is 0.993. The van der Waals surface area contributed by atoms with Gasteiger partial charge in [-0.15, -0.1) is 6.58 Å². The van der Waals surface area contributed by atoms with Crippen LogP contribution in [0.2, 0.25) is 5.02 Å². The topological polar surface area (TPSA) is 38.9 Å². The average Bonchev–Trinajstić information content (AvgIpc) is 2.05. The van der Waals surface area contributed by atoms with Gasteiger partial charge in [0.05, 0.1) is 5.02 Å². The maximum Gasteiger partial charge on any atom is 0.0637 e. The van der Waals surface area contributed by atoms with Crippen molar-refractivity contribution in [2.45, 2.75) is 12.5 Å². The van der Waals surface area contributed by atoms with Crippen molar-refractivity contribution in [3.05, 3.63) is 41.7 Å². The van der Waals surface area contributed by atoms with Gasteiger partial charge in [-0.3, -0.25) is 4.98 Å². The van der Waals surface area contributed by atoms with E-state index < -0.39 is 0 Å². The summed E-state index contributed by atoms with van der Waals surface area (Å²) in [6.07, 6.45) is 5.79. The number of rotatable bonds is 3. The SMILES string of the molecule is C=CC[C@H](N)c1ccncc1Cl. The fraction of sp³-hybridized carbons (Fsp3) is 0.222. The van der Waals surface area contributed by atoms with Gasteiger partial charge in [0.1, 0.15) is 0 Å². The molecule has 1 atom stereocenters. The first-order chi connectivity index (χ1) is 5.75. The summed E-state index contributed by atoms with van der Waals surface area (Å²) in [5.74, 6) is 0. The van der Waals surface area contributed by atoms with Gasteiger partial charge in [0.25, 0.3) is 0 Å². The Morgan fingerprint density at radius 3 is 3.08 bits per heavy atom. The van der Waals surface area contributed by atoms with Crippen LogP contribution in [-0.2, 0) is 0 Å². The molecule has 0 aromatic carbocycles. The molecule has 0 saturated heterocycles. The number of hydrogen-bond acceptors (Lipinski definition) is 2. The summed E-state index contributed by atoms with van der Waals surface area (Å²) in [6, 6.07) is 1.76. The highest BCUT2D eigenvalue weighted by molar-refractivity contribution is 6.31. The quantitative estimate of drug-likeness (QED) is 0.729. The Bertz CT molecular complexity index is 273. The van der Waals surface area contributed by atoms with E-state index in [-0.39, 0.29) is 6.04 Å². The number of aromatic nitrogens is 1. The summed E-state index contributed by atoms with van der Waals surface area (Å²) in [7, 11) is 0. The van der Waals surface area contributed by atoms with Crippen molar-refractivity contribution in [2.75, 3.05) is 0 Å². The zero-order chi connectivity index (χ0) is 8.97. The van der Waals surface area contributed by atoms with E-state index in [0.29, 0.717) is 5.02 Å². The largest absolute Gasteiger partial charge is 0.324 e. The van der Waals surface area contributed by atoms with E-state index in [0.717, 1.165) is 12.0 Å². The first-order valence-corrected chi connectivity index (χ1v) is 4.09. The van der Waals surface area contributed by atoms with Gasteiger partial charge in [0, 0.05) is 18.4 Å². The van der Waals surface area contributed by atoms with Crippen molar-refractivity contribution < 1.29 is 0 Å². The molecule has 3 heteroatoms. The molecule has 0 saturated carbocycles. The summed E-state index contributed by atoms with van der Waals surface area (Å²) in [5, 5.41) is 0.617. The summed E-state index contributed by atoms with van der Waals surface area (Å²) >= 11 is 5.88. The maximum absolute atomic E-state index is 5.88. The number of halogens is 1. The van der Waals surface area contributed by atoms with Gasteiger partial charge >= 0.3 is 0 Å². The van der Waals surface area contributed by atoms with E-state index in [9.17, 15) is 0 Å².